The number of benzene rings is 2. The van der Waals surface area contributed by atoms with Gasteiger partial charge in [0.25, 0.3) is 0 Å². The van der Waals surface area contributed by atoms with Crippen LogP contribution in [0.3, 0.4) is 0 Å². The molecule has 0 aliphatic heterocycles. The van der Waals surface area contributed by atoms with Crippen molar-refractivity contribution in [3.8, 4) is 11.6 Å². The lowest BCUT2D eigenvalue weighted by atomic mass is 10.0. The molecule has 0 amide bonds. The quantitative estimate of drug-likeness (QED) is 0.405. The topological polar surface area (TPSA) is 48.4 Å². The van der Waals surface area contributed by atoms with Crippen molar-refractivity contribution >= 4 is 21.7 Å². The molecule has 1 aromatic heterocycles. The maximum absolute atomic E-state index is 12.6. The molecule has 0 saturated carbocycles. The predicted octanol–water partition coefficient (Wildman–Crippen LogP) is 4.99. The fourth-order valence-electron chi connectivity index (χ4n) is 2.42. The Labute approximate surface area is 160 Å². The van der Waals surface area contributed by atoms with Gasteiger partial charge in [-0.25, -0.2) is 4.98 Å². The van der Waals surface area contributed by atoms with Gasteiger partial charge in [0, 0.05) is 17.8 Å². The molecule has 4 nitrogen and oxygen atoms in total. The Morgan fingerprint density at radius 1 is 1.04 bits per heavy atom. The molecule has 1 unspecified atom stereocenters. The Kier molecular flexibility index (Phi) is 6.02. The normalized spacial score (nSPS) is 11.6. The Bertz CT molecular complexity index is 849. The highest BCUT2D eigenvalue weighted by atomic mass is 79.9. The summed E-state index contributed by atoms with van der Waals surface area (Å²) in [5.41, 5.74) is 2.48. The molecule has 0 N–H and O–H groups in total. The molecule has 0 aliphatic rings. The molecule has 0 saturated heterocycles. The maximum Gasteiger partial charge on any atom is 0.212 e. The van der Waals surface area contributed by atoms with E-state index in [-0.39, 0.29) is 5.78 Å². The largest absolute Gasteiger partial charge is 0.489 e. The summed E-state index contributed by atoms with van der Waals surface area (Å²) in [4.78, 5) is 16.3. The zero-order valence-corrected chi connectivity index (χ0v) is 15.8. The number of hydrogen-bond donors (Lipinski definition) is 0. The van der Waals surface area contributed by atoms with E-state index >= 15 is 0 Å². The molecule has 0 spiro atoms. The molecular formula is C21H18BrNO3. The third kappa shape index (κ3) is 4.49. The van der Waals surface area contributed by atoms with E-state index in [1.807, 2.05) is 48.5 Å². The molecule has 1 heterocycles. The number of carbonyl (C=O) groups is 1. The maximum atomic E-state index is 12.6. The van der Waals surface area contributed by atoms with Gasteiger partial charge >= 0.3 is 0 Å². The molecular weight excluding hydrogens is 394 g/mol. The zero-order chi connectivity index (χ0) is 18.4. The summed E-state index contributed by atoms with van der Waals surface area (Å²) in [5, 5.41) is 0. The summed E-state index contributed by atoms with van der Waals surface area (Å²) in [7, 11) is 1.56. The Morgan fingerprint density at radius 3 is 2.38 bits per heavy atom. The number of methoxy groups -OCH3 is 1. The Hall–Kier alpha value is -2.66. The molecule has 5 heteroatoms. The van der Waals surface area contributed by atoms with Crippen LogP contribution in [-0.2, 0) is 6.61 Å². The monoisotopic (exact) mass is 411 g/mol. The number of aromatic nitrogens is 1. The van der Waals surface area contributed by atoms with Crippen molar-refractivity contribution in [3.63, 3.8) is 0 Å². The molecule has 132 valence electrons. The number of Topliss-reactive ketones (excluding diaryl/α,β-unsaturated/α-hetero) is 1. The van der Waals surface area contributed by atoms with Crippen LogP contribution in [-0.4, -0.2) is 17.9 Å². The first-order valence-electron chi connectivity index (χ1n) is 8.12. The molecule has 1 atom stereocenters. The average molecular weight is 412 g/mol. The second-order valence-corrected chi connectivity index (χ2v) is 6.58. The lowest BCUT2D eigenvalue weighted by Gasteiger charge is -2.11. The number of carbonyl (C=O) groups excluding carboxylic acids is 1. The van der Waals surface area contributed by atoms with Crippen LogP contribution in [0.5, 0.6) is 11.6 Å². The molecule has 2 aromatic carbocycles. The van der Waals surface area contributed by atoms with E-state index in [9.17, 15) is 4.79 Å². The first kappa shape index (κ1) is 18.1. The van der Waals surface area contributed by atoms with Crippen LogP contribution in [0.15, 0.2) is 72.9 Å². The van der Waals surface area contributed by atoms with E-state index in [1.165, 1.54) is 0 Å². The zero-order valence-electron chi connectivity index (χ0n) is 14.3. The SMILES string of the molecule is COc1ccc(C(Br)C(=O)c2ccc(OCc3ccccc3)cc2)cn1. The molecule has 0 radical (unpaired) electrons. The van der Waals surface area contributed by atoms with Gasteiger partial charge in [0.15, 0.2) is 5.78 Å². The second kappa shape index (κ2) is 8.63. The van der Waals surface area contributed by atoms with Gasteiger partial charge in [0.1, 0.15) is 17.2 Å². The number of halogens is 1. The van der Waals surface area contributed by atoms with Crippen LogP contribution in [0.4, 0.5) is 0 Å². The highest BCUT2D eigenvalue weighted by molar-refractivity contribution is 9.09. The third-order valence-corrected chi connectivity index (χ3v) is 4.82. The van der Waals surface area contributed by atoms with E-state index in [4.69, 9.17) is 9.47 Å². The minimum atomic E-state index is -0.461. The lowest BCUT2D eigenvalue weighted by molar-refractivity contribution is 0.0991. The molecule has 0 fully saturated rings. The van der Waals surface area contributed by atoms with E-state index in [2.05, 4.69) is 20.9 Å². The number of rotatable bonds is 7. The third-order valence-electron chi connectivity index (χ3n) is 3.88. The van der Waals surface area contributed by atoms with Gasteiger partial charge in [-0.1, -0.05) is 52.3 Å². The number of alkyl halides is 1. The first-order chi connectivity index (χ1) is 12.7. The van der Waals surface area contributed by atoms with Crippen molar-refractivity contribution in [2.45, 2.75) is 11.4 Å². The molecule has 0 aliphatic carbocycles. The smallest absolute Gasteiger partial charge is 0.212 e. The summed E-state index contributed by atoms with van der Waals surface area (Å²) in [5.74, 6) is 1.20. The van der Waals surface area contributed by atoms with Gasteiger partial charge in [0.2, 0.25) is 5.88 Å². The first-order valence-corrected chi connectivity index (χ1v) is 9.04. The van der Waals surface area contributed by atoms with E-state index in [1.54, 1.807) is 31.5 Å². The summed E-state index contributed by atoms with van der Waals surface area (Å²) < 4.78 is 10.8. The number of hydrogen-bond acceptors (Lipinski definition) is 4. The van der Waals surface area contributed by atoms with Crippen LogP contribution in [0.2, 0.25) is 0 Å². The highest BCUT2D eigenvalue weighted by Crippen LogP contribution is 2.28. The summed E-state index contributed by atoms with van der Waals surface area (Å²) in [6.45, 7) is 0.493. The van der Waals surface area contributed by atoms with Gasteiger partial charge in [-0.15, -0.1) is 0 Å². The summed E-state index contributed by atoms with van der Waals surface area (Å²) in [6.07, 6.45) is 1.63. The Balaban J connectivity index is 1.64. The summed E-state index contributed by atoms with van der Waals surface area (Å²) in [6, 6.07) is 20.7. The minimum Gasteiger partial charge on any atom is -0.489 e. The number of nitrogens with zero attached hydrogens (tertiary/aromatic N) is 1. The van der Waals surface area contributed by atoms with Crippen LogP contribution in [0, 0.1) is 0 Å². The van der Waals surface area contributed by atoms with Gasteiger partial charge < -0.3 is 9.47 Å². The molecule has 3 aromatic rings. The van der Waals surface area contributed by atoms with Crippen molar-refractivity contribution < 1.29 is 14.3 Å². The lowest BCUT2D eigenvalue weighted by Crippen LogP contribution is -2.07. The molecule has 3 rings (SSSR count). The highest BCUT2D eigenvalue weighted by Gasteiger charge is 2.19. The van der Waals surface area contributed by atoms with E-state index < -0.39 is 4.83 Å². The van der Waals surface area contributed by atoms with Crippen LogP contribution < -0.4 is 9.47 Å². The standard InChI is InChI=1S/C21H18BrNO3/c1-25-19-12-9-17(13-23-19)20(22)21(24)16-7-10-18(11-8-16)26-14-15-5-3-2-4-6-15/h2-13,20H,14H2,1H3. The predicted molar refractivity (Wildman–Crippen MR) is 104 cm³/mol. The summed E-state index contributed by atoms with van der Waals surface area (Å²) >= 11 is 3.45. The fraction of sp³-hybridized carbons (Fsp3) is 0.143. The minimum absolute atomic E-state index is 0.0356. The fourth-order valence-corrected chi connectivity index (χ4v) is 2.95. The van der Waals surface area contributed by atoms with Crippen molar-refractivity contribution in [1.82, 2.24) is 4.98 Å². The van der Waals surface area contributed by atoms with Crippen molar-refractivity contribution in [1.29, 1.82) is 0 Å². The van der Waals surface area contributed by atoms with E-state index in [0.29, 0.717) is 18.1 Å². The number of pyridine rings is 1. The van der Waals surface area contributed by atoms with Gasteiger partial charge in [-0.3, -0.25) is 4.79 Å². The molecule has 26 heavy (non-hydrogen) atoms. The Morgan fingerprint density at radius 2 is 1.77 bits per heavy atom. The van der Waals surface area contributed by atoms with Gasteiger partial charge in [0.05, 0.1) is 7.11 Å². The van der Waals surface area contributed by atoms with Gasteiger partial charge in [-0.05, 0) is 35.4 Å². The van der Waals surface area contributed by atoms with E-state index in [0.717, 1.165) is 16.9 Å². The van der Waals surface area contributed by atoms with Crippen molar-refractivity contribution in [2.75, 3.05) is 7.11 Å². The van der Waals surface area contributed by atoms with Crippen LogP contribution in [0.1, 0.15) is 26.3 Å². The van der Waals surface area contributed by atoms with Crippen molar-refractivity contribution in [2.24, 2.45) is 0 Å². The van der Waals surface area contributed by atoms with Crippen molar-refractivity contribution in [3.05, 3.63) is 89.6 Å². The number of ketones is 1. The van der Waals surface area contributed by atoms with Crippen LogP contribution >= 0.6 is 15.9 Å². The average Bonchev–Trinajstić information content (AvgIpc) is 2.72. The van der Waals surface area contributed by atoms with Gasteiger partial charge in [-0.2, -0.15) is 0 Å². The number of ether oxygens (including phenoxy) is 2. The molecule has 0 bridgehead atoms. The second-order valence-electron chi connectivity index (χ2n) is 5.66. The van der Waals surface area contributed by atoms with Crippen LogP contribution in [0.25, 0.3) is 0 Å².